The van der Waals surface area contributed by atoms with E-state index in [-0.39, 0.29) is 0 Å². The summed E-state index contributed by atoms with van der Waals surface area (Å²) in [5, 5.41) is 3.96. The van der Waals surface area contributed by atoms with Crippen LogP contribution >= 0.6 is 0 Å². The lowest BCUT2D eigenvalue weighted by atomic mass is 9.80. The molecule has 0 aliphatic heterocycles. The minimum absolute atomic E-state index is 0.760. The Kier molecular flexibility index (Phi) is 5.54. The molecule has 1 N–H and O–H groups in total. The lowest BCUT2D eigenvalue weighted by Gasteiger charge is -2.34. The van der Waals surface area contributed by atoms with E-state index in [0.29, 0.717) is 0 Å². The molecule has 1 heteroatoms. The maximum atomic E-state index is 3.96. The summed E-state index contributed by atoms with van der Waals surface area (Å²) in [5.41, 5.74) is 0. The van der Waals surface area contributed by atoms with Gasteiger partial charge in [0.2, 0.25) is 0 Å². The summed E-state index contributed by atoms with van der Waals surface area (Å²) in [6, 6.07) is 1.58. The molecule has 2 saturated carbocycles. The van der Waals surface area contributed by atoms with Crippen molar-refractivity contribution in [3.8, 4) is 0 Å². The van der Waals surface area contributed by atoms with Crippen molar-refractivity contribution in [2.24, 2.45) is 17.8 Å². The van der Waals surface area contributed by atoms with Gasteiger partial charge in [-0.3, -0.25) is 0 Å². The van der Waals surface area contributed by atoms with Crippen LogP contribution in [0.2, 0.25) is 0 Å². The lowest BCUT2D eigenvalue weighted by molar-refractivity contribution is 0.225. The molecule has 3 atom stereocenters. The Morgan fingerprint density at radius 1 is 0.944 bits per heavy atom. The van der Waals surface area contributed by atoms with Crippen molar-refractivity contribution in [1.82, 2.24) is 5.32 Å². The van der Waals surface area contributed by atoms with Crippen LogP contribution in [-0.4, -0.2) is 12.1 Å². The molecular formula is C17H33N. The molecule has 106 valence electrons. The van der Waals surface area contributed by atoms with Crippen molar-refractivity contribution in [3.05, 3.63) is 0 Å². The van der Waals surface area contributed by atoms with Gasteiger partial charge in [0.15, 0.2) is 0 Å². The smallest absolute Gasteiger partial charge is 0.00722 e. The van der Waals surface area contributed by atoms with Gasteiger partial charge in [-0.1, -0.05) is 39.5 Å². The summed E-state index contributed by atoms with van der Waals surface area (Å²) >= 11 is 0. The Bertz CT molecular complexity index is 230. The van der Waals surface area contributed by atoms with Gasteiger partial charge in [0.25, 0.3) is 0 Å². The number of hydrogen-bond donors (Lipinski definition) is 1. The van der Waals surface area contributed by atoms with E-state index in [1.54, 1.807) is 0 Å². The first-order chi connectivity index (χ1) is 8.65. The van der Waals surface area contributed by atoms with Crippen LogP contribution in [0.1, 0.15) is 78.6 Å². The predicted molar refractivity (Wildman–Crippen MR) is 79.8 cm³/mol. The van der Waals surface area contributed by atoms with E-state index in [2.05, 4.69) is 26.1 Å². The topological polar surface area (TPSA) is 12.0 Å². The van der Waals surface area contributed by atoms with Crippen molar-refractivity contribution in [3.63, 3.8) is 0 Å². The Labute approximate surface area is 114 Å². The summed E-state index contributed by atoms with van der Waals surface area (Å²) in [6.45, 7) is 7.18. The highest BCUT2D eigenvalue weighted by atomic mass is 15.0. The third-order valence-electron chi connectivity index (χ3n) is 5.19. The van der Waals surface area contributed by atoms with E-state index < -0.39 is 0 Å². The molecule has 0 saturated heterocycles. The third kappa shape index (κ3) is 4.26. The molecule has 0 spiro atoms. The van der Waals surface area contributed by atoms with Crippen LogP contribution in [0.5, 0.6) is 0 Å². The van der Waals surface area contributed by atoms with Crippen molar-refractivity contribution in [2.75, 3.05) is 0 Å². The monoisotopic (exact) mass is 251 g/mol. The minimum Gasteiger partial charge on any atom is -0.311 e. The fraction of sp³-hybridized carbons (Fsp3) is 1.00. The molecule has 0 radical (unpaired) electrons. The first-order valence-electron chi connectivity index (χ1n) is 8.41. The molecule has 2 aliphatic carbocycles. The first kappa shape index (κ1) is 14.4. The lowest BCUT2D eigenvalue weighted by Crippen LogP contribution is -2.42. The predicted octanol–water partition coefficient (Wildman–Crippen LogP) is 4.76. The molecule has 1 nitrogen and oxygen atoms in total. The number of hydrogen-bond acceptors (Lipinski definition) is 1. The normalized spacial score (nSPS) is 32.0. The fourth-order valence-electron chi connectivity index (χ4n) is 4.29. The molecule has 2 fully saturated rings. The maximum absolute atomic E-state index is 3.96. The molecule has 2 rings (SSSR count). The molecule has 0 bridgehead atoms. The average Bonchev–Trinajstić information content (AvgIpc) is 2.81. The summed E-state index contributed by atoms with van der Waals surface area (Å²) in [4.78, 5) is 0. The Balaban J connectivity index is 1.74. The quantitative estimate of drug-likeness (QED) is 0.743. The van der Waals surface area contributed by atoms with E-state index in [9.17, 15) is 0 Å². The van der Waals surface area contributed by atoms with Gasteiger partial charge in [-0.05, 0) is 56.8 Å². The van der Waals surface area contributed by atoms with Crippen LogP contribution in [0.4, 0.5) is 0 Å². The summed E-state index contributed by atoms with van der Waals surface area (Å²) < 4.78 is 0. The second kappa shape index (κ2) is 6.93. The fourth-order valence-corrected chi connectivity index (χ4v) is 4.29. The van der Waals surface area contributed by atoms with Crippen molar-refractivity contribution < 1.29 is 0 Å². The van der Waals surface area contributed by atoms with Crippen molar-refractivity contribution in [1.29, 1.82) is 0 Å². The molecule has 0 heterocycles. The SMILES string of the molecule is CC(C)CC1CCCC(NC(C)C2CCCC2)C1. The van der Waals surface area contributed by atoms with Gasteiger partial charge in [-0.15, -0.1) is 0 Å². The molecule has 0 aromatic carbocycles. The maximum Gasteiger partial charge on any atom is 0.00722 e. The van der Waals surface area contributed by atoms with Crippen molar-refractivity contribution in [2.45, 2.75) is 90.6 Å². The molecule has 2 aliphatic rings. The summed E-state index contributed by atoms with van der Waals surface area (Å²) in [7, 11) is 0. The van der Waals surface area contributed by atoms with Gasteiger partial charge in [-0.2, -0.15) is 0 Å². The largest absolute Gasteiger partial charge is 0.311 e. The highest BCUT2D eigenvalue weighted by Gasteiger charge is 2.27. The van der Waals surface area contributed by atoms with Gasteiger partial charge >= 0.3 is 0 Å². The molecular weight excluding hydrogens is 218 g/mol. The standard InChI is InChI=1S/C17H33N/c1-13(2)11-15-7-6-10-17(12-15)18-14(3)16-8-4-5-9-16/h13-18H,4-12H2,1-3H3. The van der Waals surface area contributed by atoms with E-state index >= 15 is 0 Å². The second-order valence-corrected chi connectivity index (χ2v) is 7.36. The Morgan fingerprint density at radius 2 is 1.67 bits per heavy atom. The molecule has 0 aromatic rings. The van der Waals surface area contributed by atoms with E-state index in [1.807, 2.05) is 0 Å². The van der Waals surface area contributed by atoms with Crippen LogP contribution in [0.25, 0.3) is 0 Å². The molecule has 0 aromatic heterocycles. The summed E-state index contributed by atoms with van der Waals surface area (Å²) in [5.74, 6) is 2.84. The van der Waals surface area contributed by atoms with Crippen LogP contribution in [0.15, 0.2) is 0 Å². The highest BCUT2D eigenvalue weighted by molar-refractivity contribution is 4.84. The molecule has 0 amide bonds. The van der Waals surface area contributed by atoms with E-state index in [1.165, 1.54) is 57.8 Å². The zero-order chi connectivity index (χ0) is 13.0. The molecule has 3 unspecified atom stereocenters. The van der Waals surface area contributed by atoms with Crippen LogP contribution < -0.4 is 5.32 Å². The Morgan fingerprint density at radius 3 is 2.33 bits per heavy atom. The van der Waals surface area contributed by atoms with Crippen molar-refractivity contribution >= 4 is 0 Å². The zero-order valence-corrected chi connectivity index (χ0v) is 12.8. The Hall–Kier alpha value is -0.0400. The van der Waals surface area contributed by atoms with E-state index in [0.717, 1.165) is 29.8 Å². The van der Waals surface area contributed by atoms with Gasteiger partial charge in [-0.25, -0.2) is 0 Å². The summed E-state index contributed by atoms with van der Waals surface area (Å²) in [6.07, 6.45) is 13.1. The van der Waals surface area contributed by atoms with E-state index in [4.69, 9.17) is 0 Å². The molecule has 18 heavy (non-hydrogen) atoms. The van der Waals surface area contributed by atoms with Gasteiger partial charge < -0.3 is 5.32 Å². The van der Waals surface area contributed by atoms with Gasteiger partial charge in [0, 0.05) is 12.1 Å². The third-order valence-corrected chi connectivity index (χ3v) is 5.19. The average molecular weight is 251 g/mol. The van der Waals surface area contributed by atoms with Gasteiger partial charge in [0.1, 0.15) is 0 Å². The van der Waals surface area contributed by atoms with Crippen LogP contribution in [0.3, 0.4) is 0 Å². The number of rotatable bonds is 5. The number of nitrogens with one attached hydrogen (secondary N) is 1. The van der Waals surface area contributed by atoms with Crippen LogP contribution in [-0.2, 0) is 0 Å². The second-order valence-electron chi connectivity index (χ2n) is 7.36. The van der Waals surface area contributed by atoms with Crippen LogP contribution in [0, 0.1) is 17.8 Å². The highest BCUT2D eigenvalue weighted by Crippen LogP contribution is 2.32. The zero-order valence-electron chi connectivity index (χ0n) is 12.8. The first-order valence-corrected chi connectivity index (χ1v) is 8.41. The van der Waals surface area contributed by atoms with Gasteiger partial charge in [0.05, 0.1) is 0 Å². The minimum atomic E-state index is 0.760.